The highest BCUT2D eigenvalue weighted by atomic mass is 19.1. The molecule has 5 rings (SSSR count). The van der Waals surface area contributed by atoms with Gasteiger partial charge in [-0.15, -0.1) is 10.2 Å². The van der Waals surface area contributed by atoms with E-state index in [4.69, 9.17) is 0 Å². The summed E-state index contributed by atoms with van der Waals surface area (Å²) in [7, 11) is 0. The van der Waals surface area contributed by atoms with Gasteiger partial charge in [-0.05, 0) is 25.0 Å². The lowest BCUT2D eigenvalue weighted by Crippen LogP contribution is -2.34. The van der Waals surface area contributed by atoms with Gasteiger partial charge in [0, 0.05) is 19.0 Å². The molecule has 0 bridgehead atoms. The third-order valence-corrected chi connectivity index (χ3v) is 4.69. The molecule has 0 atom stereocenters. The summed E-state index contributed by atoms with van der Waals surface area (Å²) in [5.74, 6) is 3.32. The van der Waals surface area contributed by atoms with Crippen molar-refractivity contribution in [1.82, 2.24) is 29.6 Å². The number of hydrogen-bond donors (Lipinski definition) is 1. The molecule has 1 fully saturated rings. The van der Waals surface area contributed by atoms with Crippen LogP contribution in [0.4, 0.5) is 4.39 Å². The summed E-state index contributed by atoms with van der Waals surface area (Å²) in [4.78, 5) is 9.87. The van der Waals surface area contributed by atoms with E-state index in [0.717, 1.165) is 42.6 Å². The molecule has 0 unspecified atom stereocenters. The number of H-pyrrole nitrogens is 1. The average Bonchev–Trinajstić information content (AvgIpc) is 3.16. The van der Waals surface area contributed by atoms with Crippen LogP contribution >= 0.6 is 0 Å². The van der Waals surface area contributed by atoms with Crippen molar-refractivity contribution in [2.45, 2.75) is 38.4 Å². The van der Waals surface area contributed by atoms with Gasteiger partial charge in [-0.2, -0.15) is 0 Å². The third kappa shape index (κ3) is 2.23. The van der Waals surface area contributed by atoms with Gasteiger partial charge in [0.2, 0.25) is 0 Å². The summed E-state index contributed by atoms with van der Waals surface area (Å²) in [6.07, 6.45) is 2.48. The molecule has 3 aromatic rings. The zero-order valence-corrected chi connectivity index (χ0v) is 12.7. The molecule has 1 aromatic carbocycles. The molecule has 0 amide bonds. The minimum atomic E-state index is -0.280. The van der Waals surface area contributed by atoms with Crippen LogP contribution in [0.2, 0.25) is 0 Å². The summed E-state index contributed by atoms with van der Waals surface area (Å²) in [6.45, 7) is 3.28. The first-order valence-electron chi connectivity index (χ1n) is 8.05. The first-order valence-corrected chi connectivity index (χ1v) is 8.05. The lowest BCUT2D eigenvalue weighted by molar-refractivity contribution is 0.203. The Morgan fingerprint density at radius 1 is 1.22 bits per heavy atom. The van der Waals surface area contributed by atoms with Crippen molar-refractivity contribution in [1.29, 1.82) is 0 Å². The Morgan fingerprint density at radius 2 is 2.13 bits per heavy atom. The predicted molar refractivity (Wildman–Crippen MR) is 82.2 cm³/mol. The lowest BCUT2D eigenvalue weighted by atomic mass is 10.3. The van der Waals surface area contributed by atoms with Crippen molar-refractivity contribution < 1.29 is 4.39 Å². The second-order valence-electron chi connectivity index (χ2n) is 6.43. The minimum Gasteiger partial charge on any atom is -0.341 e. The topological polar surface area (TPSA) is 62.6 Å². The minimum absolute atomic E-state index is 0.280. The summed E-state index contributed by atoms with van der Waals surface area (Å²) < 4.78 is 16.0. The second-order valence-corrected chi connectivity index (χ2v) is 6.43. The van der Waals surface area contributed by atoms with Crippen LogP contribution in [0.25, 0.3) is 11.0 Å². The highest BCUT2D eigenvalue weighted by Gasteiger charge is 2.32. The SMILES string of the molecule is Fc1cccc2[nH]c(CN3CCn4c(nnc4C4CC4)C3)nc12. The first-order chi connectivity index (χ1) is 11.3. The molecule has 0 saturated heterocycles. The monoisotopic (exact) mass is 312 g/mol. The van der Waals surface area contributed by atoms with E-state index in [0.29, 0.717) is 18.0 Å². The number of benzene rings is 1. The van der Waals surface area contributed by atoms with Gasteiger partial charge in [-0.1, -0.05) is 6.07 Å². The van der Waals surface area contributed by atoms with Crippen LogP contribution in [-0.2, 0) is 19.6 Å². The summed E-state index contributed by atoms with van der Waals surface area (Å²) in [5.41, 5.74) is 1.16. The molecular formula is C16H17FN6. The lowest BCUT2D eigenvalue weighted by Gasteiger charge is -2.26. The summed E-state index contributed by atoms with van der Waals surface area (Å²) >= 11 is 0. The van der Waals surface area contributed by atoms with Gasteiger partial charge in [-0.3, -0.25) is 4.90 Å². The first kappa shape index (κ1) is 13.2. The quantitative estimate of drug-likeness (QED) is 0.805. The Labute approximate surface area is 132 Å². The molecule has 2 aromatic heterocycles. The number of imidazole rings is 1. The highest BCUT2D eigenvalue weighted by molar-refractivity contribution is 5.75. The van der Waals surface area contributed by atoms with Gasteiger partial charge in [0.15, 0.2) is 5.82 Å². The van der Waals surface area contributed by atoms with E-state index in [1.54, 1.807) is 6.07 Å². The normalized spacial score (nSPS) is 18.5. The number of aromatic amines is 1. The molecule has 1 saturated carbocycles. The molecule has 7 heteroatoms. The van der Waals surface area contributed by atoms with Gasteiger partial charge >= 0.3 is 0 Å². The number of hydrogen-bond acceptors (Lipinski definition) is 4. The Kier molecular flexibility index (Phi) is 2.78. The maximum Gasteiger partial charge on any atom is 0.151 e. The average molecular weight is 312 g/mol. The van der Waals surface area contributed by atoms with E-state index in [9.17, 15) is 4.39 Å². The van der Waals surface area contributed by atoms with Crippen LogP contribution in [0, 0.1) is 5.82 Å². The number of fused-ring (bicyclic) bond motifs is 2. The van der Waals surface area contributed by atoms with Crippen molar-refractivity contribution >= 4 is 11.0 Å². The van der Waals surface area contributed by atoms with E-state index < -0.39 is 0 Å². The van der Waals surface area contributed by atoms with Crippen LogP contribution in [0.1, 0.15) is 36.2 Å². The van der Waals surface area contributed by atoms with Crippen LogP contribution in [-0.4, -0.2) is 36.2 Å². The molecule has 6 nitrogen and oxygen atoms in total. The van der Waals surface area contributed by atoms with Gasteiger partial charge in [-0.25, -0.2) is 9.37 Å². The molecule has 0 radical (unpaired) electrons. The maximum atomic E-state index is 13.7. The fourth-order valence-electron chi connectivity index (χ4n) is 3.34. The second kappa shape index (κ2) is 4.86. The van der Waals surface area contributed by atoms with Gasteiger partial charge in [0.25, 0.3) is 0 Å². The standard InChI is InChI=1S/C16H17FN6/c17-11-2-1-3-12-15(11)19-13(18-12)8-22-6-7-23-14(9-22)20-21-16(23)10-4-5-10/h1-3,10H,4-9H2,(H,18,19). The number of nitrogens with one attached hydrogen (secondary N) is 1. The van der Waals surface area contributed by atoms with E-state index >= 15 is 0 Å². The van der Waals surface area contributed by atoms with Crippen molar-refractivity contribution in [3.8, 4) is 0 Å². The summed E-state index contributed by atoms with van der Waals surface area (Å²) in [5, 5.41) is 8.71. The number of para-hydroxylation sites is 1. The highest BCUT2D eigenvalue weighted by Crippen LogP contribution is 2.39. The summed E-state index contributed by atoms with van der Waals surface area (Å²) in [6, 6.07) is 4.99. The van der Waals surface area contributed by atoms with Crippen molar-refractivity contribution in [3.05, 3.63) is 41.5 Å². The number of rotatable bonds is 3. The van der Waals surface area contributed by atoms with Crippen molar-refractivity contribution in [2.75, 3.05) is 6.54 Å². The Hall–Kier alpha value is -2.28. The smallest absolute Gasteiger partial charge is 0.151 e. The van der Waals surface area contributed by atoms with Crippen molar-refractivity contribution in [3.63, 3.8) is 0 Å². The van der Waals surface area contributed by atoms with Crippen LogP contribution in [0.3, 0.4) is 0 Å². The maximum absolute atomic E-state index is 13.7. The van der Waals surface area contributed by atoms with Gasteiger partial charge in [0.1, 0.15) is 23.0 Å². The molecule has 2 aliphatic rings. The molecule has 23 heavy (non-hydrogen) atoms. The Morgan fingerprint density at radius 3 is 2.96 bits per heavy atom. The number of nitrogens with zero attached hydrogens (tertiary/aromatic N) is 5. The van der Waals surface area contributed by atoms with E-state index in [1.807, 2.05) is 6.07 Å². The Bertz CT molecular complexity index is 878. The number of halogens is 1. The van der Waals surface area contributed by atoms with Crippen LogP contribution in [0.5, 0.6) is 0 Å². The molecule has 1 aliphatic heterocycles. The van der Waals surface area contributed by atoms with Gasteiger partial charge < -0.3 is 9.55 Å². The van der Waals surface area contributed by atoms with Gasteiger partial charge in [0.05, 0.1) is 18.6 Å². The zero-order chi connectivity index (χ0) is 15.4. The Balaban J connectivity index is 1.37. The fourth-order valence-corrected chi connectivity index (χ4v) is 3.34. The van der Waals surface area contributed by atoms with Crippen LogP contribution < -0.4 is 0 Å². The molecule has 118 valence electrons. The van der Waals surface area contributed by atoms with Crippen LogP contribution in [0.15, 0.2) is 18.2 Å². The molecular weight excluding hydrogens is 295 g/mol. The molecule has 3 heterocycles. The zero-order valence-electron chi connectivity index (χ0n) is 12.7. The molecule has 1 N–H and O–H groups in total. The fraction of sp³-hybridized carbons (Fsp3) is 0.438. The molecule has 1 aliphatic carbocycles. The van der Waals surface area contributed by atoms with E-state index in [2.05, 4.69) is 29.6 Å². The predicted octanol–water partition coefficient (Wildman–Crippen LogP) is 2.19. The largest absolute Gasteiger partial charge is 0.341 e. The third-order valence-electron chi connectivity index (χ3n) is 4.69. The van der Waals surface area contributed by atoms with Crippen molar-refractivity contribution in [2.24, 2.45) is 0 Å². The number of aromatic nitrogens is 5. The van der Waals surface area contributed by atoms with E-state index in [1.165, 1.54) is 18.9 Å². The molecule has 0 spiro atoms. The van der Waals surface area contributed by atoms with E-state index in [-0.39, 0.29) is 5.82 Å².